The first kappa shape index (κ1) is 18.4. The fraction of sp³-hybridized carbons (Fsp3) is 0.316. The topological polar surface area (TPSA) is 57.7 Å². The Morgan fingerprint density at radius 3 is 2.42 bits per heavy atom. The summed E-state index contributed by atoms with van der Waals surface area (Å²) >= 11 is 0. The van der Waals surface area contributed by atoms with Gasteiger partial charge >= 0.3 is 0 Å². The van der Waals surface area contributed by atoms with E-state index in [0.717, 1.165) is 28.2 Å². The van der Waals surface area contributed by atoms with E-state index in [-0.39, 0.29) is 17.6 Å². The fourth-order valence-corrected chi connectivity index (χ4v) is 4.66. The maximum absolute atomic E-state index is 13.2. The summed E-state index contributed by atoms with van der Waals surface area (Å²) in [6.45, 7) is 3.49. The van der Waals surface area contributed by atoms with E-state index in [0.29, 0.717) is 0 Å². The first-order chi connectivity index (χ1) is 12.2. The highest BCUT2D eigenvalue weighted by molar-refractivity contribution is 7.92. The van der Waals surface area contributed by atoms with Crippen molar-refractivity contribution in [2.75, 3.05) is 15.5 Å². The molecule has 0 aromatic heterocycles. The van der Waals surface area contributed by atoms with Crippen LogP contribution >= 0.6 is 0 Å². The monoisotopic (exact) mass is 376 g/mol. The van der Waals surface area contributed by atoms with Crippen molar-refractivity contribution in [2.45, 2.75) is 32.4 Å². The molecule has 2 unspecified atom stereocenters. The molecular weight excluding hydrogens is 355 g/mol. The molecule has 1 aliphatic heterocycles. The maximum atomic E-state index is 13.2. The molecule has 1 amide bonds. The van der Waals surface area contributed by atoms with Crippen molar-refractivity contribution in [3.8, 4) is 0 Å². The van der Waals surface area contributed by atoms with E-state index in [2.05, 4.69) is 0 Å². The van der Waals surface area contributed by atoms with Gasteiger partial charge in [0, 0.05) is 11.7 Å². The molecule has 0 saturated heterocycles. The Hall–Kier alpha value is -2.41. The predicted octanol–water partition coefficient (Wildman–Crippen LogP) is 2.96. The fourth-order valence-electron chi connectivity index (χ4n) is 3.49. The minimum Gasteiger partial charge on any atom is -0.307 e. The molecule has 138 valence electrons. The number of anilines is 2. The number of amides is 1. The van der Waals surface area contributed by atoms with Crippen molar-refractivity contribution in [1.82, 2.24) is 0 Å². The van der Waals surface area contributed by atoms with Crippen LogP contribution in [0.25, 0.3) is 0 Å². The molecule has 26 heavy (non-hydrogen) atoms. The van der Waals surface area contributed by atoms with E-state index in [9.17, 15) is 17.6 Å². The molecule has 0 fully saturated rings. The number of fused-ring (bicyclic) bond motifs is 1. The lowest BCUT2D eigenvalue weighted by Gasteiger charge is -2.33. The number of nitrogens with zero attached hydrogens (tertiary/aromatic N) is 2. The van der Waals surface area contributed by atoms with Gasteiger partial charge in [-0.25, -0.2) is 12.8 Å². The molecule has 7 heteroatoms. The standard InChI is InChI=1S/C19H21FN2O3S/c1-13-12-15-6-4-5-7-18(15)21(13)19(23)14(2)22(26(3,24)25)17-10-8-16(20)9-11-17/h4-11,13-14H,12H2,1-3H3. The Morgan fingerprint density at radius 1 is 1.19 bits per heavy atom. The third kappa shape index (κ3) is 3.31. The summed E-state index contributed by atoms with van der Waals surface area (Å²) < 4.78 is 39.0. The normalized spacial score (nSPS) is 17.7. The van der Waals surface area contributed by atoms with E-state index < -0.39 is 21.9 Å². The molecule has 2 aromatic rings. The van der Waals surface area contributed by atoms with E-state index in [1.165, 1.54) is 24.3 Å². The van der Waals surface area contributed by atoms with Crippen LogP contribution in [0.1, 0.15) is 19.4 Å². The summed E-state index contributed by atoms with van der Waals surface area (Å²) in [6.07, 6.45) is 1.77. The van der Waals surface area contributed by atoms with Crippen molar-refractivity contribution in [3.63, 3.8) is 0 Å². The number of sulfonamides is 1. The van der Waals surface area contributed by atoms with Crippen molar-refractivity contribution in [1.29, 1.82) is 0 Å². The minimum atomic E-state index is -3.74. The Kier molecular flexibility index (Phi) is 4.75. The average molecular weight is 376 g/mol. The van der Waals surface area contributed by atoms with Crippen LogP contribution in [0.3, 0.4) is 0 Å². The highest BCUT2D eigenvalue weighted by Gasteiger charge is 2.37. The highest BCUT2D eigenvalue weighted by atomic mass is 32.2. The largest absolute Gasteiger partial charge is 0.307 e. The quantitative estimate of drug-likeness (QED) is 0.824. The van der Waals surface area contributed by atoms with E-state index >= 15 is 0 Å². The van der Waals surface area contributed by atoms with Crippen LogP contribution in [0.5, 0.6) is 0 Å². The van der Waals surface area contributed by atoms with Gasteiger partial charge in [-0.05, 0) is 56.2 Å². The third-order valence-electron chi connectivity index (χ3n) is 4.59. The van der Waals surface area contributed by atoms with Crippen LogP contribution in [-0.2, 0) is 21.2 Å². The molecule has 0 spiro atoms. The maximum Gasteiger partial charge on any atom is 0.250 e. The molecule has 2 atom stereocenters. The van der Waals surface area contributed by atoms with Crippen molar-refractivity contribution >= 4 is 27.3 Å². The molecule has 0 saturated carbocycles. The molecule has 5 nitrogen and oxygen atoms in total. The number of carbonyl (C=O) groups excluding carboxylic acids is 1. The van der Waals surface area contributed by atoms with Gasteiger partial charge in [-0.1, -0.05) is 18.2 Å². The lowest BCUT2D eigenvalue weighted by molar-refractivity contribution is -0.119. The lowest BCUT2D eigenvalue weighted by Crippen LogP contribution is -2.51. The molecular formula is C19H21FN2O3S. The number of para-hydroxylation sites is 1. The van der Waals surface area contributed by atoms with Crippen molar-refractivity contribution < 1.29 is 17.6 Å². The Bertz CT molecular complexity index is 928. The van der Waals surface area contributed by atoms with E-state index in [4.69, 9.17) is 0 Å². The summed E-state index contributed by atoms with van der Waals surface area (Å²) in [5.41, 5.74) is 2.13. The number of rotatable bonds is 4. The molecule has 0 radical (unpaired) electrons. The van der Waals surface area contributed by atoms with Gasteiger partial charge in [0.05, 0.1) is 11.9 Å². The number of hydrogen-bond donors (Lipinski definition) is 0. The zero-order valence-corrected chi connectivity index (χ0v) is 15.7. The second kappa shape index (κ2) is 6.72. The Balaban J connectivity index is 1.98. The van der Waals surface area contributed by atoms with E-state index in [1.54, 1.807) is 11.8 Å². The minimum absolute atomic E-state index is 0.0584. The van der Waals surface area contributed by atoms with Crippen LogP contribution in [0.15, 0.2) is 48.5 Å². The SMILES string of the molecule is CC1Cc2ccccc2N1C(=O)C(C)N(c1ccc(F)cc1)S(C)(=O)=O. The van der Waals surface area contributed by atoms with Gasteiger partial charge in [-0.15, -0.1) is 0 Å². The molecule has 0 N–H and O–H groups in total. The molecule has 0 aliphatic carbocycles. The summed E-state index contributed by atoms with van der Waals surface area (Å²) in [5.74, 6) is -0.777. The molecule has 1 heterocycles. The zero-order chi connectivity index (χ0) is 19.1. The second-order valence-electron chi connectivity index (χ2n) is 6.60. The summed E-state index contributed by atoms with van der Waals surface area (Å²) in [7, 11) is -3.74. The van der Waals surface area contributed by atoms with Crippen LogP contribution in [0, 0.1) is 5.82 Å². The van der Waals surface area contributed by atoms with Crippen LogP contribution in [-0.4, -0.2) is 32.7 Å². The molecule has 3 rings (SSSR count). The Morgan fingerprint density at radius 2 is 1.81 bits per heavy atom. The second-order valence-corrected chi connectivity index (χ2v) is 8.46. The van der Waals surface area contributed by atoms with Crippen LogP contribution in [0.2, 0.25) is 0 Å². The first-order valence-electron chi connectivity index (χ1n) is 8.36. The van der Waals surface area contributed by atoms with E-state index in [1.807, 2.05) is 31.2 Å². The molecule has 2 aromatic carbocycles. The van der Waals surface area contributed by atoms with Gasteiger partial charge in [0.25, 0.3) is 5.91 Å². The smallest absolute Gasteiger partial charge is 0.250 e. The summed E-state index contributed by atoms with van der Waals surface area (Å²) in [6, 6.07) is 11.7. The zero-order valence-electron chi connectivity index (χ0n) is 14.9. The Labute approximate surface area is 153 Å². The van der Waals surface area contributed by atoms with Crippen LogP contribution < -0.4 is 9.21 Å². The first-order valence-corrected chi connectivity index (χ1v) is 10.2. The number of halogens is 1. The van der Waals surface area contributed by atoms with Gasteiger partial charge in [0.2, 0.25) is 10.0 Å². The van der Waals surface area contributed by atoms with Crippen LogP contribution in [0.4, 0.5) is 15.8 Å². The molecule has 0 bridgehead atoms. The van der Waals surface area contributed by atoms with Gasteiger partial charge in [0.15, 0.2) is 0 Å². The lowest BCUT2D eigenvalue weighted by atomic mass is 10.1. The number of benzene rings is 2. The average Bonchev–Trinajstić information content (AvgIpc) is 2.90. The van der Waals surface area contributed by atoms with Crippen molar-refractivity contribution in [2.24, 2.45) is 0 Å². The predicted molar refractivity (Wildman–Crippen MR) is 100 cm³/mol. The number of hydrogen-bond acceptors (Lipinski definition) is 3. The third-order valence-corrected chi connectivity index (χ3v) is 5.83. The van der Waals surface area contributed by atoms with Gasteiger partial charge in [-0.3, -0.25) is 9.10 Å². The number of carbonyl (C=O) groups is 1. The van der Waals surface area contributed by atoms with Gasteiger partial charge in [0.1, 0.15) is 11.9 Å². The summed E-state index contributed by atoms with van der Waals surface area (Å²) in [5, 5.41) is 0. The highest BCUT2D eigenvalue weighted by Crippen LogP contribution is 2.33. The summed E-state index contributed by atoms with van der Waals surface area (Å²) in [4.78, 5) is 14.8. The van der Waals surface area contributed by atoms with Gasteiger partial charge < -0.3 is 4.90 Å². The van der Waals surface area contributed by atoms with Crippen molar-refractivity contribution in [3.05, 3.63) is 59.9 Å². The van der Waals surface area contributed by atoms with Gasteiger partial charge in [-0.2, -0.15) is 0 Å². The molecule has 1 aliphatic rings.